The van der Waals surface area contributed by atoms with Crippen LogP contribution in [0.5, 0.6) is 0 Å². The summed E-state index contributed by atoms with van der Waals surface area (Å²) in [7, 11) is 1.67. The van der Waals surface area contributed by atoms with Crippen molar-refractivity contribution in [3.05, 3.63) is 0 Å². The van der Waals surface area contributed by atoms with Gasteiger partial charge in [0, 0.05) is 13.0 Å². The van der Waals surface area contributed by atoms with Gasteiger partial charge in [-0.25, -0.2) is 0 Å². The maximum absolute atomic E-state index is 4.78. The number of hydrogen-bond acceptors (Lipinski definition) is 1. The molecule has 1 nitrogen and oxygen atoms in total. The third kappa shape index (κ3) is 2.07. The van der Waals surface area contributed by atoms with Crippen molar-refractivity contribution in [1.29, 1.82) is 0 Å². The number of ether oxygens (including phenoxy) is 1. The van der Waals surface area contributed by atoms with Crippen molar-refractivity contribution in [1.82, 2.24) is 0 Å². The van der Waals surface area contributed by atoms with Crippen LogP contribution in [0.15, 0.2) is 0 Å². The van der Waals surface area contributed by atoms with Gasteiger partial charge in [-0.1, -0.05) is 18.8 Å². The number of methoxy groups -OCH3 is 1. The SMILES string of the molecule is COCC#C[C@H]1C[C@@H]1C. The van der Waals surface area contributed by atoms with Crippen LogP contribution in [0, 0.1) is 23.7 Å². The van der Waals surface area contributed by atoms with E-state index in [-0.39, 0.29) is 0 Å². The van der Waals surface area contributed by atoms with Gasteiger partial charge in [-0.2, -0.15) is 0 Å². The molecule has 0 aromatic rings. The zero-order valence-corrected chi connectivity index (χ0v) is 5.98. The first-order valence-corrected chi connectivity index (χ1v) is 3.32. The molecule has 1 aliphatic rings. The Bertz CT molecular complexity index is 140. The van der Waals surface area contributed by atoms with Gasteiger partial charge in [-0.05, 0) is 12.3 Å². The predicted molar refractivity (Wildman–Crippen MR) is 36.9 cm³/mol. The van der Waals surface area contributed by atoms with Crippen molar-refractivity contribution in [3.63, 3.8) is 0 Å². The van der Waals surface area contributed by atoms with Crippen LogP contribution in [-0.4, -0.2) is 13.7 Å². The molecular formula is C8H12O. The Morgan fingerprint density at radius 1 is 1.67 bits per heavy atom. The average molecular weight is 124 g/mol. The third-order valence-corrected chi connectivity index (χ3v) is 1.61. The minimum absolute atomic E-state index is 0.587. The smallest absolute Gasteiger partial charge is 0.107 e. The fourth-order valence-corrected chi connectivity index (χ4v) is 0.768. The monoisotopic (exact) mass is 124 g/mol. The van der Waals surface area contributed by atoms with Gasteiger partial charge in [-0.3, -0.25) is 0 Å². The fraction of sp³-hybridized carbons (Fsp3) is 0.750. The van der Waals surface area contributed by atoms with E-state index in [2.05, 4.69) is 18.8 Å². The van der Waals surface area contributed by atoms with Crippen molar-refractivity contribution in [2.45, 2.75) is 13.3 Å². The van der Waals surface area contributed by atoms with Crippen molar-refractivity contribution < 1.29 is 4.74 Å². The van der Waals surface area contributed by atoms with E-state index in [0.717, 1.165) is 5.92 Å². The van der Waals surface area contributed by atoms with E-state index in [1.165, 1.54) is 6.42 Å². The molecule has 0 spiro atoms. The zero-order valence-electron chi connectivity index (χ0n) is 5.98. The second-order valence-corrected chi connectivity index (χ2v) is 2.57. The second kappa shape index (κ2) is 2.89. The molecule has 0 heterocycles. The fourth-order valence-electron chi connectivity index (χ4n) is 0.768. The maximum atomic E-state index is 4.78. The molecule has 1 heteroatoms. The van der Waals surface area contributed by atoms with Crippen LogP contribution in [0.25, 0.3) is 0 Å². The first-order chi connectivity index (χ1) is 4.34. The molecule has 50 valence electrons. The molecule has 1 fully saturated rings. The highest BCUT2D eigenvalue weighted by Crippen LogP contribution is 2.36. The van der Waals surface area contributed by atoms with E-state index in [1.54, 1.807) is 7.11 Å². The average Bonchev–Trinajstić information content (AvgIpc) is 2.48. The summed E-state index contributed by atoms with van der Waals surface area (Å²) in [6, 6.07) is 0. The van der Waals surface area contributed by atoms with Gasteiger partial charge in [0.05, 0.1) is 0 Å². The van der Waals surface area contributed by atoms with Crippen LogP contribution in [0.4, 0.5) is 0 Å². The topological polar surface area (TPSA) is 9.23 Å². The molecule has 1 rings (SSSR count). The van der Waals surface area contributed by atoms with Gasteiger partial charge in [-0.15, -0.1) is 0 Å². The first kappa shape index (κ1) is 6.64. The Morgan fingerprint density at radius 2 is 2.33 bits per heavy atom. The summed E-state index contributed by atoms with van der Waals surface area (Å²) < 4.78 is 4.78. The van der Waals surface area contributed by atoms with Crippen molar-refractivity contribution >= 4 is 0 Å². The molecule has 0 aromatic heterocycles. The molecule has 0 bridgehead atoms. The molecule has 0 aromatic carbocycles. The summed E-state index contributed by atoms with van der Waals surface area (Å²) in [5.74, 6) is 7.61. The minimum Gasteiger partial charge on any atom is -0.372 e. The lowest BCUT2D eigenvalue weighted by atomic mass is 10.3. The quantitative estimate of drug-likeness (QED) is 0.479. The molecule has 1 saturated carbocycles. The predicted octanol–water partition coefficient (Wildman–Crippen LogP) is 1.29. The van der Waals surface area contributed by atoms with E-state index in [4.69, 9.17) is 4.74 Å². The van der Waals surface area contributed by atoms with E-state index >= 15 is 0 Å². The maximum Gasteiger partial charge on any atom is 0.107 e. The summed E-state index contributed by atoms with van der Waals surface area (Å²) in [6.07, 6.45) is 1.29. The molecular weight excluding hydrogens is 112 g/mol. The van der Waals surface area contributed by atoms with Gasteiger partial charge in [0.15, 0.2) is 0 Å². The highest BCUT2D eigenvalue weighted by atomic mass is 16.5. The van der Waals surface area contributed by atoms with Crippen molar-refractivity contribution in [2.75, 3.05) is 13.7 Å². The summed E-state index contributed by atoms with van der Waals surface area (Å²) in [6.45, 7) is 2.81. The van der Waals surface area contributed by atoms with Gasteiger partial charge >= 0.3 is 0 Å². The highest BCUT2D eigenvalue weighted by molar-refractivity contribution is 5.11. The van der Waals surface area contributed by atoms with Crippen LogP contribution in [-0.2, 0) is 4.74 Å². The number of hydrogen-bond donors (Lipinski definition) is 0. The summed E-state index contributed by atoms with van der Waals surface area (Å²) in [5, 5.41) is 0. The Morgan fingerprint density at radius 3 is 2.78 bits per heavy atom. The molecule has 0 aliphatic heterocycles. The third-order valence-electron chi connectivity index (χ3n) is 1.61. The van der Waals surface area contributed by atoms with E-state index in [1.807, 2.05) is 0 Å². The van der Waals surface area contributed by atoms with Gasteiger partial charge in [0.25, 0.3) is 0 Å². The minimum atomic E-state index is 0.587. The van der Waals surface area contributed by atoms with Gasteiger partial charge in [0.2, 0.25) is 0 Å². The lowest BCUT2D eigenvalue weighted by molar-refractivity contribution is 0.239. The van der Waals surface area contributed by atoms with Crippen molar-refractivity contribution in [3.8, 4) is 11.8 Å². The normalized spacial score (nSPS) is 30.9. The van der Waals surface area contributed by atoms with E-state index in [0.29, 0.717) is 12.5 Å². The molecule has 2 atom stereocenters. The lowest BCUT2D eigenvalue weighted by Gasteiger charge is -1.81. The molecule has 0 amide bonds. The van der Waals surface area contributed by atoms with Gasteiger partial charge < -0.3 is 4.74 Å². The lowest BCUT2D eigenvalue weighted by Crippen LogP contribution is -1.81. The molecule has 9 heavy (non-hydrogen) atoms. The standard InChI is InChI=1S/C8H12O/c1-7-6-8(7)4-3-5-9-2/h7-8H,5-6H2,1-2H3/t7-,8-/m0/s1. The summed E-state index contributed by atoms with van der Waals surface area (Å²) in [4.78, 5) is 0. The first-order valence-electron chi connectivity index (χ1n) is 3.32. The zero-order chi connectivity index (χ0) is 6.69. The highest BCUT2D eigenvalue weighted by Gasteiger charge is 2.30. The molecule has 0 radical (unpaired) electrons. The Hall–Kier alpha value is -0.480. The largest absolute Gasteiger partial charge is 0.372 e. The van der Waals surface area contributed by atoms with Crippen molar-refractivity contribution in [2.24, 2.45) is 11.8 Å². The molecule has 1 aliphatic carbocycles. The molecule has 0 unspecified atom stereocenters. The van der Waals surface area contributed by atoms with Gasteiger partial charge in [0.1, 0.15) is 6.61 Å². The van der Waals surface area contributed by atoms with Crippen LogP contribution < -0.4 is 0 Å². The van der Waals surface area contributed by atoms with Crippen LogP contribution >= 0.6 is 0 Å². The Kier molecular flexibility index (Phi) is 2.13. The molecule has 0 N–H and O–H groups in total. The van der Waals surface area contributed by atoms with Crippen LogP contribution in [0.1, 0.15) is 13.3 Å². The second-order valence-electron chi connectivity index (χ2n) is 2.57. The van der Waals surface area contributed by atoms with E-state index < -0.39 is 0 Å². The van der Waals surface area contributed by atoms with Crippen LogP contribution in [0.2, 0.25) is 0 Å². The summed E-state index contributed by atoms with van der Waals surface area (Å²) >= 11 is 0. The number of rotatable bonds is 1. The van der Waals surface area contributed by atoms with E-state index in [9.17, 15) is 0 Å². The Balaban J connectivity index is 2.11. The molecule has 0 saturated heterocycles. The van der Waals surface area contributed by atoms with Crippen LogP contribution in [0.3, 0.4) is 0 Å². The Labute approximate surface area is 56.4 Å². The summed E-state index contributed by atoms with van der Waals surface area (Å²) in [5.41, 5.74) is 0.